The molecule has 1 saturated heterocycles. The highest BCUT2D eigenvalue weighted by Gasteiger charge is 2.18. The van der Waals surface area contributed by atoms with E-state index in [2.05, 4.69) is 15.3 Å². The fourth-order valence-corrected chi connectivity index (χ4v) is 2.09. The molecule has 0 bridgehead atoms. The molecule has 4 nitrogen and oxygen atoms in total. The minimum Gasteiger partial charge on any atom is -0.467 e. The number of hydrogen-bond acceptors (Lipinski definition) is 4. The Bertz CT molecular complexity index is 335. The lowest BCUT2D eigenvalue weighted by Crippen LogP contribution is -2.27. The van der Waals surface area contributed by atoms with Crippen LogP contribution in [-0.2, 0) is 0 Å². The molecular formula is C11H17N3O. The number of rotatable bonds is 2. The van der Waals surface area contributed by atoms with Crippen molar-refractivity contribution in [3.63, 3.8) is 0 Å². The van der Waals surface area contributed by atoms with E-state index in [4.69, 9.17) is 4.74 Å². The SMILES string of the molecule is COc1ncc(C2CCNCC2)c(C)n1. The van der Waals surface area contributed by atoms with Crippen molar-refractivity contribution in [3.05, 3.63) is 17.5 Å². The van der Waals surface area contributed by atoms with Gasteiger partial charge < -0.3 is 10.1 Å². The summed E-state index contributed by atoms with van der Waals surface area (Å²) in [4.78, 5) is 8.49. The normalized spacial score (nSPS) is 17.7. The molecule has 15 heavy (non-hydrogen) atoms. The zero-order chi connectivity index (χ0) is 10.7. The van der Waals surface area contributed by atoms with Crippen LogP contribution in [0.4, 0.5) is 0 Å². The fraction of sp³-hybridized carbons (Fsp3) is 0.636. The molecule has 0 atom stereocenters. The Hall–Kier alpha value is -1.16. The number of ether oxygens (including phenoxy) is 1. The topological polar surface area (TPSA) is 47.0 Å². The second-order valence-corrected chi connectivity index (χ2v) is 3.92. The molecule has 0 saturated carbocycles. The predicted molar refractivity (Wildman–Crippen MR) is 58.2 cm³/mol. The maximum atomic E-state index is 5.00. The largest absolute Gasteiger partial charge is 0.467 e. The van der Waals surface area contributed by atoms with Crippen LogP contribution in [0, 0.1) is 6.92 Å². The summed E-state index contributed by atoms with van der Waals surface area (Å²) in [5.41, 5.74) is 2.33. The minimum absolute atomic E-state index is 0.463. The molecule has 0 spiro atoms. The van der Waals surface area contributed by atoms with E-state index in [0.29, 0.717) is 11.9 Å². The van der Waals surface area contributed by atoms with Crippen molar-refractivity contribution in [2.75, 3.05) is 20.2 Å². The number of aromatic nitrogens is 2. The van der Waals surface area contributed by atoms with E-state index in [1.807, 2.05) is 13.1 Å². The number of aryl methyl sites for hydroxylation is 1. The summed E-state index contributed by atoms with van der Waals surface area (Å²) in [6.45, 7) is 4.22. The highest BCUT2D eigenvalue weighted by atomic mass is 16.5. The van der Waals surface area contributed by atoms with E-state index in [0.717, 1.165) is 18.8 Å². The van der Waals surface area contributed by atoms with Gasteiger partial charge in [-0.2, -0.15) is 0 Å². The molecule has 4 heteroatoms. The number of nitrogens with one attached hydrogen (secondary N) is 1. The fourth-order valence-electron chi connectivity index (χ4n) is 2.09. The van der Waals surface area contributed by atoms with Crippen LogP contribution < -0.4 is 10.1 Å². The first-order chi connectivity index (χ1) is 7.31. The van der Waals surface area contributed by atoms with Gasteiger partial charge in [0, 0.05) is 11.9 Å². The molecule has 2 rings (SSSR count). The average molecular weight is 207 g/mol. The molecule has 1 aliphatic heterocycles. The van der Waals surface area contributed by atoms with E-state index >= 15 is 0 Å². The van der Waals surface area contributed by atoms with E-state index in [1.165, 1.54) is 18.4 Å². The molecule has 2 heterocycles. The molecule has 0 aliphatic carbocycles. The van der Waals surface area contributed by atoms with Crippen molar-refractivity contribution < 1.29 is 4.74 Å². The van der Waals surface area contributed by atoms with E-state index < -0.39 is 0 Å². The first-order valence-electron chi connectivity index (χ1n) is 5.39. The Balaban J connectivity index is 2.19. The van der Waals surface area contributed by atoms with Crippen LogP contribution in [-0.4, -0.2) is 30.2 Å². The highest BCUT2D eigenvalue weighted by Crippen LogP contribution is 2.26. The Morgan fingerprint density at radius 2 is 2.13 bits per heavy atom. The highest BCUT2D eigenvalue weighted by molar-refractivity contribution is 5.22. The number of methoxy groups -OCH3 is 1. The Morgan fingerprint density at radius 1 is 1.40 bits per heavy atom. The van der Waals surface area contributed by atoms with Crippen LogP contribution in [0.2, 0.25) is 0 Å². The van der Waals surface area contributed by atoms with Crippen molar-refractivity contribution in [3.8, 4) is 6.01 Å². The van der Waals surface area contributed by atoms with Gasteiger partial charge in [-0.15, -0.1) is 0 Å². The molecule has 0 radical (unpaired) electrons. The molecule has 1 aliphatic rings. The number of piperidine rings is 1. The van der Waals surface area contributed by atoms with Gasteiger partial charge in [-0.3, -0.25) is 0 Å². The molecule has 1 aromatic heterocycles. The van der Waals surface area contributed by atoms with Crippen molar-refractivity contribution in [1.82, 2.24) is 15.3 Å². The standard InChI is InChI=1S/C11H17N3O/c1-8-10(7-13-11(14-8)15-2)9-3-5-12-6-4-9/h7,9,12H,3-6H2,1-2H3. The number of hydrogen-bond donors (Lipinski definition) is 1. The lowest BCUT2D eigenvalue weighted by molar-refractivity contribution is 0.376. The third kappa shape index (κ3) is 2.26. The molecule has 0 amide bonds. The first kappa shape index (κ1) is 10.4. The second-order valence-electron chi connectivity index (χ2n) is 3.92. The predicted octanol–water partition coefficient (Wildman–Crippen LogP) is 1.26. The van der Waals surface area contributed by atoms with Gasteiger partial charge in [-0.25, -0.2) is 9.97 Å². The summed E-state index contributed by atoms with van der Waals surface area (Å²) in [6.07, 6.45) is 4.27. The lowest BCUT2D eigenvalue weighted by atomic mass is 9.90. The van der Waals surface area contributed by atoms with Gasteiger partial charge in [0.05, 0.1) is 7.11 Å². The monoisotopic (exact) mass is 207 g/mol. The molecule has 0 unspecified atom stereocenters. The van der Waals surface area contributed by atoms with Crippen LogP contribution >= 0.6 is 0 Å². The molecule has 0 aromatic carbocycles. The Labute approximate surface area is 90.1 Å². The summed E-state index contributed by atoms with van der Waals surface area (Å²) in [5.74, 6) is 0.608. The zero-order valence-corrected chi connectivity index (χ0v) is 9.29. The van der Waals surface area contributed by atoms with Gasteiger partial charge in [0.25, 0.3) is 0 Å². The summed E-state index contributed by atoms with van der Waals surface area (Å²) in [5, 5.41) is 3.36. The van der Waals surface area contributed by atoms with Crippen molar-refractivity contribution >= 4 is 0 Å². The third-order valence-corrected chi connectivity index (χ3v) is 2.96. The van der Waals surface area contributed by atoms with Crippen LogP contribution in [0.3, 0.4) is 0 Å². The van der Waals surface area contributed by atoms with Gasteiger partial charge in [0.15, 0.2) is 0 Å². The Kier molecular flexibility index (Phi) is 3.16. The third-order valence-electron chi connectivity index (χ3n) is 2.96. The molecule has 1 aromatic rings. The second kappa shape index (κ2) is 4.57. The quantitative estimate of drug-likeness (QED) is 0.793. The summed E-state index contributed by atoms with van der Waals surface area (Å²) < 4.78 is 5.00. The summed E-state index contributed by atoms with van der Waals surface area (Å²) in [6, 6.07) is 0.463. The molecular weight excluding hydrogens is 190 g/mol. The van der Waals surface area contributed by atoms with Crippen molar-refractivity contribution in [2.24, 2.45) is 0 Å². The van der Waals surface area contributed by atoms with E-state index in [-0.39, 0.29) is 0 Å². The smallest absolute Gasteiger partial charge is 0.316 e. The number of nitrogens with zero attached hydrogens (tertiary/aromatic N) is 2. The maximum Gasteiger partial charge on any atom is 0.316 e. The lowest BCUT2D eigenvalue weighted by Gasteiger charge is -2.23. The molecule has 82 valence electrons. The minimum atomic E-state index is 0.463. The van der Waals surface area contributed by atoms with Crippen molar-refractivity contribution in [2.45, 2.75) is 25.7 Å². The van der Waals surface area contributed by atoms with Gasteiger partial charge in [-0.1, -0.05) is 0 Å². The Morgan fingerprint density at radius 3 is 2.73 bits per heavy atom. The molecule has 1 fully saturated rings. The first-order valence-corrected chi connectivity index (χ1v) is 5.39. The van der Waals surface area contributed by atoms with Gasteiger partial charge in [0.1, 0.15) is 0 Å². The summed E-state index contributed by atoms with van der Waals surface area (Å²) >= 11 is 0. The summed E-state index contributed by atoms with van der Waals surface area (Å²) in [7, 11) is 1.60. The maximum absolute atomic E-state index is 5.00. The van der Waals surface area contributed by atoms with Crippen LogP contribution in [0.5, 0.6) is 6.01 Å². The average Bonchev–Trinajstić information content (AvgIpc) is 2.30. The van der Waals surface area contributed by atoms with Gasteiger partial charge in [0.2, 0.25) is 0 Å². The van der Waals surface area contributed by atoms with Crippen LogP contribution in [0.25, 0.3) is 0 Å². The van der Waals surface area contributed by atoms with Gasteiger partial charge >= 0.3 is 6.01 Å². The van der Waals surface area contributed by atoms with Crippen LogP contribution in [0.15, 0.2) is 6.20 Å². The molecule has 1 N–H and O–H groups in total. The van der Waals surface area contributed by atoms with E-state index in [1.54, 1.807) is 7.11 Å². The zero-order valence-electron chi connectivity index (χ0n) is 9.29. The van der Waals surface area contributed by atoms with Crippen LogP contribution in [0.1, 0.15) is 30.0 Å². The van der Waals surface area contributed by atoms with E-state index in [9.17, 15) is 0 Å². The van der Waals surface area contributed by atoms with Crippen molar-refractivity contribution in [1.29, 1.82) is 0 Å². The van der Waals surface area contributed by atoms with Gasteiger partial charge in [-0.05, 0) is 44.3 Å².